The second kappa shape index (κ2) is 9.37. The quantitative estimate of drug-likeness (QED) is 0.407. The number of carbonyl (C=O) groups excluding carboxylic acids is 1. The first-order valence-electron chi connectivity index (χ1n) is 7.07. The molecule has 20 heavy (non-hydrogen) atoms. The average Bonchev–Trinajstić information content (AvgIpc) is 2.95. The van der Waals surface area contributed by atoms with Gasteiger partial charge < -0.3 is 10.1 Å². The van der Waals surface area contributed by atoms with Crippen molar-refractivity contribution in [2.75, 3.05) is 18.9 Å². The first kappa shape index (κ1) is 17.5. The minimum absolute atomic E-state index is 0.146. The summed E-state index contributed by atoms with van der Waals surface area (Å²) in [6, 6.07) is 0. The molecule has 0 spiro atoms. The molecule has 0 aromatic carbocycles. The van der Waals surface area contributed by atoms with Crippen LogP contribution in [-0.4, -0.2) is 35.4 Å². The van der Waals surface area contributed by atoms with Gasteiger partial charge in [-0.3, -0.25) is 4.79 Å². The van der Waals surface area contributed by atoms with Crippen LogP contribution in [0.2, 0.25) is 0 Å². The first-order chi connectivity index (χ1) is 9.62. The van der Waals surface area contributed by atoms with Crippen molar-refractivity contribution < 1.29 is 9.53 Å². The van der Waals surface area contributed by atoms with Crippen LogP contribution in [0.3, 0.4) is 0 Å². The van der Waals surface area contributed by atoms with Crippen LogP contribution in [0, 0.1) is 0 Å². The lowest BCUT2D eigenvalue weighted by molar-refractivity contribution is -0.150. The van der Waals surface area contributed by atoms with E-state index in [4.69, 9.17) is 4.74 Å². The van der Waals surface area contributed by atoms with Gasteiger partial charge in [0.2, 0.25) is 0 Å². The molecule has 1 rings (SSSR count). The molecule has 1 aromatic rings. The molecule has 0 saturated carbocycles. The van der Waals surface area contributed by atoms with Gasteiger partial charge in [-0.2, -0.15) is 0 Å². The van der Waals surface area contributed by atoms with Gasteiger partial charge in [0.15, 0.2) is 0 Å². The van der Waals surface area contributed by atoms with Crippen molar-refractivity contribution >= 4 is 29.1 Å². The fraction of sp³-hybridized carbons (Fsp3) is 0.714. The molecule has 6 heteroatoms. The van der Waals surface area contributed by atoms with E-state index in [9.17, 15) is 4.79 Å². The van der Waals surface area contributed by atoms with Gasteiger partial charge in [-0.1, -0.05) is 18.7 Å². The number of nitrogens with zero attached hydrogens (tertiary/aromatic N) is 1. The number of thiazole rings is 1. The van der Waals surface area contributed by atoms with E-state index >= 15 is 0 Å². The SMILES string of the molecule is CCCNC(C)(CCCSc1nccs1)C(=O)OCC. The van der Waals surface area contributed by atoms with Gasteiger partial charge in [0, 0.05) is 17.3 Å². The second-order valence-electron chi connectivity index (χ2n) is 4.73. The maximum atomic E-state index is 12.1. The number of esters is 1. The van der Waals surface area contributed by atoms with Gasteiger partial charge in [-0.25, -0.2) is 4.98 Å². The molecule has 0 amide bonds. The highest BCUT2D eigenvalue weighted by Crippen LogP contribution is 2.23. The first-order valence-corrected chi connectivity index (χ1v) is 8.93. The molecule has 4 nitrogen and oxygen atoms in total. The van der Waals surface area contributed by atoms with Crippen molar-refractivity contribution in [1.82, 2.24) is 10.3 Å². The van der Waals surface area contributed by atoms with Crippen LogP contribution in [-0.2, 0) is 9.53 Å². The smallest absolute Gasteiger partial charge is 0.326 e. The summed E-state index contributed by atoms with van der Waals surface area (Å²) in [6.45, 7) is 7.13. The number of hydrogen-bond donors (Lipinski definition) is 1. The number of hydrogen-bond acceptors (Lipinski definition) is 6. The molecule has 0 saturated heterocycles. The highest BCUT2D eigenvalue weighted by atomic mass is 32.2. The molecule has 1 unspecified atom stereocenters. The van der Waals surface area contributed by atoms with Crippen molar-refractivity contribution in [3.8, 4) is 0 Å². The van der Waals surface area contributed by atoms with Gasteiger partial charge in [0.25, 0.3) is 0 Å². The van der Waals surface area contributed by atoms with Gasteiger partial charge in [0.1, 0.15) is 9.88 Å². The minimum Gasteiger partial charge on any atom is -0.465 e. The molecule has 0 fully saturated rings. The fourth-order valence-corrected chi connectivity index (χ4v) is 3.47. The molecule has 1 atom stereocenters. The van der Waals surface area contributed by atoms with E-state index in [-0.39, 0.29) is 5.97 Å². The average molecular weight is 316 g/mol. The summed E-state index contributed by atoms with van der Waals surface area (Å²) < 4.78 is 6.28. The highest BCUT2D eigenvalue weighted by molar-refractivity contribution is 8.00. The Morgan fingerprint density at radius 3 is 2.95 bits per heavy atom. The third-order valence-electron chi connectivity index (χ3n) is 2.95. The van der Waals surface area contributed by atoms with Gasteiger partial charge in [0.05, 0.1) is 6.61 Å². The second-order valence-corrected chi connectivity index (χ2v) is 6.97. The Hall–Kier alpha value is -0.590. The maximum Gasteiger partial charge on any atom is 0.326 e. The summed E-state index contributed by atoms with van der Waals surface area (Å²) in [5.74, 6) is 0.823. The topological polar surface area (TPSA) is 51.2 Å². The van der Waals surface area contributed by atoms with E-state index in [2.05, 4.69) is 17.2 Å². The van der Waals surface area contributed by atoms with E-state index in [0.717, 1.165) is 35.9 Å². The van der Waals surface area contributed by atoms with E-state index in [0.29, 0.717) is 6.61 Å². The number of ether oxygens (including phenoxy) is 1. The molecule has 0 aliphatic carbocycles. The molecule has 0 bridgehead atoms. The van der Waals surface area contributed by atoms with Gasteiger partial charge in [-0.05, 0) is 39.7 Å². The largest absolute Gasteiger partial charge is 0.465 e. The van der Waals surface area contributed by atoms with E-state index < -0.39 is 5.54 Å². The van der Waals surface area contributed by atoms with Crippen molar-refractivity contribution in [2.45, 2.75) is 49.9 Å². The highest BCUT2D eigenvalue weighted by Gasteiger charge is 2.33. The van der Waals surface area contributed by atoms with Gasteiger partial charge in [-0.15, -0.1) is 11.3 Å². The Kier molecular flexibility index (Phi) is 8.18. The number of aromatic nitrogens is 1. The number of rotatable bonds is 10. The zero-order valence-corrected chi connectivity index (χ0v) is 14.1. The van der Waals surface area contributed by atoms with Crippen LogP contribution in [0.25, 0.3) is 0 Å². The Bertz CT molecular complexity index is 385. The Labute approximate surface area is 129 Å². The number of carbonyl (C=O) groups is 1. The summed E-state index contributed by atoms with van der Waals surface area (Å²) in [4.78, 5) is 16.3. The summed E-state index contributed by atoms with van der Waals surface area (Å²) in [5, 5.41) is 5.31. The lowest BCUT2D eigenvalue weighted by atomic mass is 9.96. The number of nitrogens with one attached hydrogen (secondary N) is 1. The predicted molar refractivity (Wildman–Crippen MR) is 85.4 cm³/mol. The van der Waals surface area contributed by atoms with Crippen LogP contribution in [0.5, 0.6) is 0 Å². The molecule has 0 aliphatic heterocycles. The van der Waals surface area contributed by atoms with E-state index in [1.807, 2.05) is 25.4 Å². The molecule has 1 N–H and O–H groups in total. The summed E-state index contributed by atoms with van der Waals surface area (Å²) in [6.07, 6.45) is 4.56. The van der Waals surface area contributed by atoms with E-state index in [1.54, 1.807) is 23.1 Å². The van der Waals surface area contributed by atoms with E-state index in [1.165, 1.54) is 0 Å². The standard InChI is InChI=1S/C14H24N2O2S2/c1-4-8-16-14(3,12(17)18-5-2)7-6-10-19-13-15-9-11-20-13/h9,11,16H,4-8,10H2,1-3H3. The van der Waals surface area contributed by atoms with Crippen LogP contribution in [0.15, 0.2) is 15.9 Å². The number of thioether (sulfide) groups is 1. The summed E-state index contributed by atoms with van der Waals surface area (Å²) >= 11 is 3.40. The van der Waals surface area contributed by atoms with Crippen molar-refractivity contribution in [1.29, 1.82) is 0 Å². The third kappa shape index (κ3) is 5.81. The zero-order chi connectivity index (χ0) is 14.8. The van der Waals surface area contributed by atoms with Crippen molar-refractivity contribution in [3.05, 3.63) is 11.6 Å². The Morgan fingerprint density at radius 2 is 2.35 bits per heavy atom. The lowest BCUT2D eigenvalue weighted by Crippen LogP contribution is -2.50. The Balaban J connectivity index is 2.40. The normalized spacial score (nSPS) is 13.9. The molecule has 1 heterocycles. The van der Waals surface area contributed by atoms with Crippen molar-refractivity contribution in [2.24, 2.45) is 0 Å². The summed E-state index contributed by atoms with van der Waals surface area (Å²) in [5.41, 5.74) is -0.574. The predicted octanol–water partition coefficient (Wildman–Crippen LogP) is 3.34. The summed E-state index contributed by atoms with van der Waals surface area (Å²) in [7, 11) is 0. The monoisotopic (exact) mass is 316 g/mol. The van der Waals surface area contributed by atoms with Gasteiger partial charge >= 0.3 is 5.97 Å². The molecular formula is C14H24N2O2S2. The Morgan fingerprint density at radius 1 is 1.55 bits per heavy atom. The molecular weight excluding hydrogens is 292 g/mol. The maximum absolute atomic E-state index is 12.1. The molecule has 0 radical (unpaired) electrons. The molecule has 0 aliphatic rings. The van der Waals surface area contributed by atoms with Crippen LogP contribution in [0.1, 0.15) is 40.0 Å². The van der Waals surface area contributed by atoms with Crippen molar-refractivity contribution in [3.63, 3.8) is 0 Å². The minimum atomic E-state index is -0.574. The molecule has 114 valence electrons. The van der Waals surface area contributed by atoms with Crippen LogP contribution in [0.4, 0.5) is 0 Å². The fourth-order valence-electron chi connectivity index (χ4n) is 1.82. The van der Waals surface area contributed by atoms with Crippen LogP contribution < -0.4 is 5.32 Å². The lowest BCUT2D eigenvalue weighted by Gasteiger charge is -2.28. The zero-order valence-electron chi connectivity index (χ0n) is 12.5. The molecule has 1 aromatic heterocycles. The third-order valence-corrected chi connectivity index (χ3v) is 5.00. The van der Waals surface area contributed by atoms with Crippen LogP contribution >= 0.6 is 23.1 Å².